The lowest BCUT2D eigenvalue weighted by Crippen LogP contribution is -2.20. The van der Waals surface area contributed by atoms with Gasteiger partial charge in [-0.05, 0) is 65.9 Å². The topological polar surface area (TPSA) is 143 Å². The van der Waals surface area contributed by atoms with Crippen molar-refractivity contribution in [3.05, 3.63) is 76.9 Å². The van der Waals surface area contributed by atoms with Crippen molar-refractivity contribution >= 4 is 17.8 Å². The van der Waals surface area contributed by atoms with Crippen molar-refractivity contribution in [3.63, 3.8) is 0 Å². The molecule has 9 nitrogen and oxygen atoms in total. The van der Waals surface area contributed by atoms with Crippen molar-refractivity contribution < 1.29 is 44.2 Å². The smallest absolute Gasteiger partial charge is 0.309 e. The fraction of sp³-hybridized carbons (Fsp3) is 0.267. The highest BCUT2D eigenvalue weighted by Gasteiger charge is 2.37. The Balaban J connectivity index is 1.45. The van der Waals surface area contributed by atoms with E-state index in [2.05, 4.69) is 0 Å². The number of phenolic OH excluding ortho intramolecular Hbond substituents is 4. The molecule has 0 aliphatic carbocycles. The van der Waals surface area contributed by atoms with E-state index in [9.17, 15) is 30.0 Å². The minimum Gasteiger partial charge on any atom is -0.504 e. The van der Waals surface area contributed by atoms with E-state index in [-0.39, 0.29) is 59.4 Å². The van der Waals surface area contributed by atoms with Crippen LogP contribution in [0.25, 0.3) is 6.08 Å². The fourth-order valence-electron chi connectivity index (χ4n) is 4.68. The lowest BCUT2D eigenvalue weighted by molar-refractivity contribution is -0.141. The molecule has 0 spiro atoms. The second-order valence-corrected chi connectivity index (χ2v) is 9.44. The van der Waals surface area contributed by atoms with Crippen molar-refractivity contribution in [3.8, 4) is 34.5 Å². The van der Waals surface area contributed by atoms with Crippen LogP contribution >= 0.6 is 0 Å². The SMILES string of the molecule is COc1cc(CC2C(=O)OCC2Cc2cc(O)c(O)c(OC)c2)ccc1CC(=O)C=Cc1ccc(O)c(O)c1. The van der Waals surface area contributed by atoms with Gasteiger partial charge in [0.15, 0.2) is 28.8 Å². The number of rotatable bonds is 10. The van der Waals surface area contributed by atoms with Gasteiger partial charge in [-0.1, -0.05) is 24.3 Å². The fourth-order valence-corrected chi connectivity index (χ4v) is 4.68. The number of carbonyl (C=O) groups is 2. The van der Waals surface area contributed by atoms with Crippen molar-refractivity contribution in [2.75, 3.05) is 20.8 Å². The number of hydrogen-bond acceptors (Lipinski definition) is 9. The third kappa shape index (κ3) is 6.43. The number of aromatic hydroxyl groups is 4. The average Bonchev–Trinajstić information content (AvgIpc) is 3.25. The lowest BCUT2D eigenvalue weighted by Gasteiger charge is -2.17. The van der Waals surface area contributed by atoms with Crippen LogP contribution in [0.1, 0.15) is 22.3 Å². The number of methoxy groups -OCH3 is 2. The van der Waals surface area contributed by atoms with E-state index in [4.69, 9.17) is 14.2 Å². The Kier molecular flexibility index (Phi) is 8.29. The van der Waals surface area contributed by atoms with Crippen LogP contribution in [-0.2, 0) is 33.6 Å². The van der Waals surface area contributed by atoms with Gasteiger partial charge in [-0.25, -0.2) is 0 Å². The second-order valence-electron chi connectivity index (χ2n) is 9.44. The minimum absolute atomic E-state index is 0.0876. The monoisotopic (exact) mass is 534 g/mol. The predicted octanol–water partition coefficient (Wildman–Crippen LogP) is 3.93. The van der Waals surface area contributed by atoms with Crippen LogP contribution in [0.2, 0.25) is 0 Å². The predicted molar refractivity (Wildman–Crippen MR) is 142 cm³/mol. The number of ether oxygens (including phenoxy) is 3. The molecule has 0 aromatic heterocycles. The summed E-state index contributed by atoms with van der Waals surface area (Å²) < 4.78 is 16.0. The van der Waals surface area contributed by atoms with E-state index >= 15 is 0 Å². The summed E-state index contributed by atoms with van der Waals surface area (Å²) in [5.74, 6) is -1.52. The highest BCUT2D eigenvalue weighted by Crippen LogP contribution is 2.38. The number of allylic oxidation sites excluding steroid dienone is 1. The van der Waals surface area contributed by atoms with Crippen molar-refractivity contribution in [1.82, 2.24) is 0 Å². The third-order valence-corrected chi connectivity index (χ3v) is 6.78. The van der Waals surface area contributed by atoms with Gasteiger partial charge in [0.05, 0.1) is 26.7 Å². The number of hydrogen-bond donors (Lipinski definition) is 4. The van der Waals surface area contributed by atoms with Crippen LogP contribution in [0.4, 0.5) is 0 Å². The normalized spacial score (nSPS) is 16.8. The van der Waals surface area contributed by atoms with Crippen LogP contribution in [0.15, 0.2) is 54.6 Å². The first-order chi connectivity index (χ1) is 18.7. The summed E-state index contributed by atoms with van der Waals surface area (Å²) in [6.45, 7) is 0.238. The van der Waals surface area contributed by atoms with Gasteiger partial charge in [0.1, 0.15) is 5.75 Å². The maximum atomic E-state index is 12.6. The zero-order chi connectivity index (χ0) is 28.1. The minimum atomic E-state index is -0.422. The molecule has 0 saturated carbocycles. The summed E-state index contributed by atoms with van der Waals surface area (Å²) in [5, 5.41) is 38.9. The molecule has 9 heteroatoms. The van der Waals surface area contributed by atoms with Gasteiger partial charge in [0, 0.05) is 17.9 Å². The molecule has 2 atom stereocenters. The van der Waals surface area contributed by atoms with Gasteiger partial charge in [0.25, 0.3) is 0 Å². The Hall–Kier alpha value is -4.66. The molecule has 1 fully saturated rings. The highest BCUT2D eigenvalue weighted by atomic mass is 16.5. The average molecular weight is 535 g/mol. The van der Waals surface area contributed by atoms with Gasteiger partial charge >= 0.3 is 5.97 Å². The summed E-state index contributed by atoms with van der Waals surface area (Å²) in [4.78, 5) is 25.1. The molecule has 0 amide bonds. The van der Waals surface area contributed by atoms with Crippen molar-refractivity contribution in [2.24, 2.45) is 11.8 Å². The highest BCUT2D eigenvalue weighted by molar-refractivity contribution is 5.95. The number of cyclic esters (lactones) is 1. The maximum Gasteiger partial charge on any atom is 0.309 e. The Morgan fingerprint density at radius 2 is 1.64 bits per heavy atom. The van der Waals surface area contributed by atoms with Gasteiger partial charge < -0.3 is 34.6 Å². The van der Waals surface area contributed by atoms with E-state index in [0.29, 0.717) is 35.3 Å². The quantitative estimate of drug-likeness (QED) is 0.173. The van der Waals surface area contributed by atoms with Crippen LogP contribution in [0, 0.1) is 11.8 Å². The first kappa shape index (κ1) is 27.4. The molecule has 39 heavy (non-hydrogen) atoms. The standard InChI is InChI=1S/C30H30O9/c1-37-27-13-18(3-6-20(27)15-22(31)7-4-17-5-8-24(32)25(33)11-17)10-23-21(16-39-30(23)36)9-19-12-26(34)29(35)28(14-19)38-2/h3-8,11-14,21,23,32-35H,9-10,15-16H2,1-2H3. The van der Waals surface area contributed by atoms with E-state index in [1.807, 2.05) is 12.1 Å². The second kappa shape index (κ2) is 11.8. The Bertz CT molecular complexity index is 1410. The first-order valence-corrected chi connectivity index (χ1v) is 12.3. The van der Waals surface area contributed by atoms with Crippen molar-refractivity contribution in [1.29, 1.82) is 0 Å². The summed E-state index contributed by atoms with van der Waals surface area (Å²) >= 11 is 0. The first-order valence-electron chi connectivity index (χ1n) is 12.3. The molecule has 0 radical (unpaired) electrons. The van der Waals surface area contributed by atoms with Gasteiger partial charge in [-0.3, -0.25) is 9.59 Å². The summed E-state index contributed by atoms with van der Waals surface area (Å²) in [7, 11) is 2.91. The molecule has 4 rings (SSSR count). The Labute approximate surface area is 225 Å². The molecule has 2 unspecified atom stereocenters. The van der Waals surface area contributed by atoms with Crippen LogP contribution in [-0.4, -0.2) is 53.0 Å². The van der Waals surface area contributed by atoms with Crippen molar-refractivity contribution in [2.45, 2.75) is 19.3 Å². The van der Waals surface area contributed by atoms with Crippen LogP contribution < -0.4 is 9.47 Å². The summed E-state index contributed by atoms with van der Waals surface area (Å²) in [6, 6.07) is 12.8. The lowest BCUT2D eigenvalue weighted by atomic mass is 9.84. The number of phenols is 4. The van der Waals surface area contributed by atoms with Gasteiger partial charge in [-0.15, -0.1) is 0 Å². The molecular weight excluding hydrogens is 504 g/mol. The molecule has 4 N–H and O–H groups in total. The third-order valence-electron chi connectivity index (χ3n) is 6.78. The maximum absolute atomic E-state index is 12.6. The number of carbonyl (C=O) groups excluding carboxylic acids is 2. The molecule has 0 bridgehead atoms. The number of esters is 1. The number of benzene rings is 3. The molecule has 1 aliphatic rings. The van der Waals surface area contributed by atoms with Gasteiger partial charge in [-0.2, -0.15) is 0 Å². The summed E-state index contributed by atoms with van der Waals surface area (Å²) in [5.41, 5.74) is 2.80. The van der Waals surface area contributed by atoms with E-state index < -0.39 is 5.92 Å². The van der Waals surface area contributed by atoms with E-state index in [1.165, 1.54) is 38.5 Å². The zero-order valence-electron chi connectivity index (χ0n) is 21.6. The molecule has 1 heterocycles. The summed E-state index contributed by atoms with van der Waals surface area (Å²) in [6.07, 6.45) is 3.88. The van der Waals surface area contributed by atoms with Gasteiger partial charge in [0.2, 0.25) is 5.75 Å². The van der Waals surface area contributed by atoms with Crippen LogP contribution in [0.5, 0.6) is 34.5 Å². The molecule has 3 aromatic carbocycles. The molecular formula is C30H30O9. The largest absolute Gasteiger partial charge is 0.504 e. The Morgan fingerprint density at radius 1 is 0.897 bits per heavy atom. The van der Waals surface area contributed by atoms with E-state index in [1.54, 1.807) is 24.3 Å². The molecule has 204 valence electrons. The van der Waals surface area contributed by atoms with E-state index in [0.717, 1.165) is 5.56 Å². The number of ketones is 1. The Morgan fingerprint density at radius 3 is 2.36 bits per heavy atom. The van der Waals surface area contributed by atoms with Crippen LogP contribution in [0.3, 0.4) is 0 Å². The molecule has 1 saturated heterocycles. The molecule has 3 aromatic rings. The molecule has 1 aliphatic heterocycles. The zero-order valence-corrected chi connectivity index (χ0v) is 21.6.